The van der Waals surface area contributed by atoms with Crippen LogP contribution in [0.25, 0.3) is 0 Å². The molecule has 0 aliphatic heterocycles. The van der Waals surface area contributed by atoms with Gasteiger partial charge in [-0.25, -0.2) is 4.98 Å². The molecule has 1 amide bonds. The van der Waals surface area contributed by atoms with E-state index in [1.54, 1.807) is 24.5 Å². The van der Waals surface area contributed by atoms with E-state index < -0.39 is 5.91 Å². The van der Waals surface area contributed by atoms with E-state index in [0.29, 0.717) is 12.1 Å². The van der Waals surface area contributed by atoms with Gasteiger partial charge in [0.1, 0.15) is 5.82 Å². The lowest BCUT2D eigenvalue weighted by Gasteiger charge is -2.09. The summed E-state index contributed by atoms with van der Waals surface area (Å²) in [6.07, 6.45) is 3.49. The van der Waals surface area contributed by atoms with Crippen LogP contribution in [0.4, 0.5) is 5.69 Å². The Morgan fingerprint density at radius 2 is 2.35 bits per heavy atom. The molecule has 88 valence electrons. The number of primary amides is 1. The summed E-state index contributed by atoms with van der Waals surface area (Å²) in [5, 5.41) is 3.24. The molecule has 1 aromatic heterocycles. The van der Waals surface area contributed by atoms with E-state index in [0.717, 1.165) is 17.1 Å². The van der Waals surface area contributed by atoms with E-state index in [9.17, 15) is 4.79 Å². The molecule has 1 heterocycles. The number of aromatic nitrogens is 2. The maximum absolute atomic E-state index is 11.0. The Labute approximate surface area is 99.1 Å². The molecule has 2 rings (SSSR count). The number of aromatic amines is 1. The van der Waals surface area contributed by atoms with Gasteiger partial charge < -0.3 is 16.0 Å². The zero-order chi connectivity index (χ0) is 12.3. The second kappa shape index (κ2) is 4.69. The largest absolute Gasteiger partial charge is 0.378 e. The Balaban J connectivity index is 2.09. The highest BCUT2D eigenvalue weighted by Crippen LogP contribution is 2.16. The zero-order valence-electron chi connectivity index (χ0n) is 9.53. The summed E-state index contributed by atoms with van der Waals surface area (Å²) in [6.45, 7) is 2.54. The molecular weight excluding hydrogens is 216 g/mol. The van der Waals surface area contributed by atoms with Gasteiger partial charge in [-0.1, -0.05) is 0 Å². The summed E-state index contributed by atoms with van der Waals surface area (Å²) < 4.78 is 0. The average Bonchev–Trinajstić information content (AvgIpc) is 2.80. The van der Waals surface area contributed by atoms with E-state index in [1.165, 1.54) is 0 Å². The highest BCUT2D eigenvalue weighted by Gasteiger charge is 2.04. The summed E-state index contributed by atoms with van der Waals surface area (Å²) in [5.74, 6) is 0.453. The van der Waals surface area contributed by atoms with E-state index in [2.05, 4.69) is 15.3 Å². The van der Waals surface area contributed by atoms with Crippen molar-refractivity contribution in [2.45, 2.75) is 13.5 Å². The highest BCUT2D eigenvalue weighted by atomic mass is 16.1. The standard InChI is InChI=1S/C12H14N4O/c1-8-6-9(12(13)17)2-3-10(8)16-7-11-14-4-5-15-11/h2-6,16H,7H2,1H3,(H2,13,17)(H,14,15). The van der Waals surface area contributed by atoms with Crippen LogP contribution in [0.5, 0.6) is 0 Å². The second-order valence-electron chi connectivity index (χ2n) is 3.78. The van der Waals surface area contributed by atoms with Crippen molar-refractivity contribution in [3.8, 4) is 0 Å². The van der Waals surface area contributed by atoms with E-state index in [1.807, 2.05) is 13.0 Å². The lowest BCUT2D eigenvalue weighted by atomic mass is 10.1. The first-order chi connectivity index (χ1) is 8.16. The van der Waals surface area contributed by atoms with Gasteiger partial charge in [0, 0.05) is 23.6 Å². The Morgan fingerprint density at radius 3 is 2.94 bits per heavy atom. The highest BCUT2D eigenvalue weighted by molar-refractivity contribution is 5.93. The van der Waals surface area contributed by atoms with Gasteiger partial charge in [-0.05, 0) is 30.7 Å². The molecule has 0 unspecified atom stereocenters. The molecule has 5 heteroatoms. The number of H-pyrrole nitrogens is 1. The number of aryl methyl sites for hydroxylation is 1. The predicted molar refractivity (Wildman–Crippen MR) is 65.6 cm³/mol. The first-order valence-electron chi connectivity index (χ1n) is 5.29. The van der Waals surface area contributed by atoms with Crippen molar-refractivity contribution < 1.29 is 4.79 Å². The Hall–Kier alpha value is -2.30. The van der Waals surface area contributed by atoms with Crippen molar-refractivity contribution in [1.29, 1.82) is 0 Å². The van der Waals surface area contributed by atoms with Crippen molar-refractivity contribution in [3.05, 3.63) is 47.5 Å². The number of hydrogen-bond donors (Lipinski definition) is 3. The predicted octanol–water partition coefficient (Wildman–Crippen LogP) is 1.43. The van der Waals surface area contributed by atoms with Gasteiger partial charge in [-0.2, -0.15) is 0 Å². The quantitative estimate of drug-likeness (QED) is 0.742. The van der Waals surface area contributed by atoms with Crippen molar-refractivity contribution in [1.82, 2.24) is 9.97 Å². The van der Waals surface area contributed by atoms with Crippen LogP contribution in [0.15, 0.2) is 30.6 Å². The molecule has 0 bridgehead atoms. The Kier molecular flexibility index (Phi) is 3.09. The fourth-order valence-electron chi connectivity index (χ4n) is 1.59. The molecule has 2 aromatic rings. The summed E-state index contributed by atoms with van der Waals surface area (Å²) >= 11 is 0. The van der Waals surface area contributed by atoms with Gasteiger partial charge in [-0.3, -0.25) is 4.79 Å². The third-order valence-corrected chi connectivity index (χ3v) is 2.51. The summed E-state index contributed by atoms with van der Waals surface area (Å²) in [5.41, 5.74) is 7.67. The van der Waals surface area contributed by atoms with E-state index in [-0.39, 0.29) is 0 Å². The van der Waals surface area contributed by atoms with Crippen LogP contribution >= 0.6 is 0 Å². The minimum absolute atomic E-state index is 0.411. The van der Waals surface area contributed by atoms with Crippen molar-refractivity contribution in [3.63, 3.8) is 0 Å². The lowest BCUT2D eigenvalue weighted by Crippen LogP contribution is -2.11. The third kappa shape index (κ3) is 2.63. The van der Waals surface area contributed by atoms with Crippen LogP contribution in [0.3, 0.4) is 0 Å². The molecule has 0 saturated carbocycles. The number of imidazole rings is 1. The third-order valence-electron chi connectivity index (χ3n) is 2.51. The molecular formula is C12H14N4O. The zero-order valence-corrected chi connectivity index (χ0v) is 9.53. The Bertz CT molecular complexity index is 519. The maximum Gasteiger partial charge on any atom is 0.248 e. The van der Waals surface area contributed by atoms with Gasteiger partial charge in [0.05, 0.1) is 6.54 Å². The number of nitrogens with one attached hydrogen (secondary N) is 2. The molecule has 0 atom stereocenters. The molecule has 0 fully saturated rings. The first-order valence-corrected chi connectivity index (χ1v) is 5.29. The van der Waals surface area contributed by atoms with Crippen LogP contribution < -0.4 is 11.1 Å². The number of hydrogen-bond acceptors (Lipinski definition) is 3. The van der Waals surface area contributed by atoms with E-state index >= 15 is 0 Å². The molecule has 0 spiro atoms. The van der Waals surface area contributed by atoms with Crippen LogP contribution in [0, 0.1) is 6.92 Å². The number of carbonyl (C=O) groups is 1. The normalized spacial score (nSPS) is 10.2. The fraction of sp³-hybridized carbons (Fsp3) is 0.167. The molecule has 1 aromatic carbocycles. The van der Waals surface area contributed by atoms with Gasteiger partial charge in [-0.15, -0.1) is 0 Å². The maximum atomic E-state index is 11.0. The number of amides is 1. The van der Waals surface area contributed by atoms with Crippen LogP contribution in [0.2, 0.25) is 0 Å². The minimum Gasteiger partial charge on any atom is -0.378 e. The van der Waals surface area contributed by atoms with Crippen molar-refractivity contribution >= 4 is 11.6 Å². The number of anilines is 1. The van der Waals surface area contributed by atoms with Gasteiger partial charge in [0.15, 0.2) is 0 Å². The fourth-order valence-corrected chi connectivity index (χ4v) is 1.59. The average molecular weight is 230 g/mol. The first kappa shape index (κ1) is 11.2. The van der Waals surface area contributed by atoms with Gasteiger partial charge in [0.25, 0.3) is 0 Å². The minimum atomic E-state index is -0.411. The molecule has 0 aliphatic rings. The van der Waals surface area contributed by atoms with Gasteiger partial charge >= 0.3 is 0 Å². The van der Waals surface area contributed by atoms with Crippen LogP contribution in [-0.4, -0.2) is 15.9 Å². The van der Waals surface area contributed by atoms with Crippen LogP contribution in [-0.2, 0) is 6.54 Å². The Morgan fingerprint density at radius 1 is 1.53 bits per heavy atom. The summed E-state index contributed by atoms with van der Waals surface area (Å²) in [6, 6.07) is 5.32. The molecule has 0 aliphatic carbocycles. The summed E-state index contributed by atoms with van der Waals surface area (Å²) in [4.78, 5) is 18.1. The number of nitrogens with two attached hydrogens (primary N) is 1. The second-order valence-corrected chi connectivity index (χ2v) is 3.78. The molecule has 5 nitrogen and oxygen atoms in total. The SMILES string of the molecule is Cc1cc(C(N)=O)ccc1NCc1ncc[nH]1. The van der Waals surface area contributed by atoms with Crippen molar-refractivity contribution in [2.75, 3.05) is 5.32 Å². The number of nitrogens with zero attached hydrogens (tertiary/aromatic N) is 1. The molecule has 17 heavy (non-hydrogen) atoms. The van der Waals surface area contributed by atoms with Gasteiger partial charge in [0.2, 0.25) is 5.91 Å². The van der Waals surface area contributed by atoms with Crippen LogP contribution in [0.1, 0.15) is 21.7 Å². The van der Waals surface area contributed by atoms with E-state index in [4.69, 9.17) is 5.73 Å². The molecule has 4 N–H and O–H groups in total. The topological polar surface area (TPSA) is 83.8 Å². The molecule has 0 radical (unpaired) electrons. The number of benzene rings is 1. The summed E-state index contributed by atoms with van der Waals surface area (Å²) in [7, 11) is 0. The molecule has 0 saturated heterocycles. The number of carbonyl (C=O) groups excluding carboxylic acids is 1. The van der Waals surface area contributed by atoms with Crippen molar-refractivity contribution in [2.24, 2.45) is 5.73 Å². The smallest absolute Gasteiger partial charge is 0.248 e. The monoisotopic (exact) mass is 230 g/mol. The number of rotatable bonds is 4. The lowest BCUT2D eigenvalue weighted by molar-refractivity contribution is 0.1000.